The molecule has 1 aromatic rings. The van der Waals surface area contributed by atoms with Crippen LogP contribution in [0, 0.1) is 5.92 Å². The van der Waals surface area contributed by atoms with Crippen LogP contribution in [-0.2, 0) is 9.47 Å². The number of rotatable bonds is 2. The number of carbonyl (C=O) groups excluding carboxylic acids is 1. The maximum absolute atomic E-state index is 12.2. The topological polar surface area (TPSA) is 57.5 Å². The van der Waals surface area contributed by atoms with E-state index in [4.69, 9.17) is 4.74 Å². The van der Waals surface area contributed by atoms with Crippen LogP contribution < -0.4 is 5.56 Å². The number of hydrogen-bond donors (Lipinski definition) is 0. The van der Waals surface area contributed by atoms with Crippen molar-refractivity contribution in [3.8, 4) is 0 Å². The van der Waals surface area contributed by atoms with Crippen molar-refractivity contribution < 1.29 is 14.3 Å². The van der Waals surface area contributed by atoms with Crippen LogP contribution in [-0.4, -0.2) is 30.4 Å². The highest BCUT2D eigenvalue weighted by Gasteiger charge is 2.46. The van der Waals surface area contributed by atoms with Gasteiger partial charge in [-0.15, -0.1) is 0 Å². The fourth-order valence-electron chi connectivity index (χ4n) is 2.89. The lowest BCUT2D eigenvalue weighted by atomic mass is 9.76. The van der Waals surface area contributed by atoms with Crippen molar-refractivity contribution in [3.05, 3.63) is 34.2 Å². The molecule has 5 nitrogen and oxygen atoms in total. The number of esters is 1. The molecule has 1 aromatic heterocycles. The number of aromatic nitrogens is 1. The Bertz CT molecular complexity index is 536. The fourth-order valence-corrected chi connectivity index (χ4v) is 2.89. The summed E-state index contributed by atoms with van der Waals surface area (Å²) >= 11 is 0. The normalized spacial score (nSPS) is 29.5. The van der Waals surface area contributed by atoms with Gasteiger partial charge in [0.05, 0.1) is 19.3 Å². The molecule has 1 aliphatic heterocycles. The molecule has 2 fully saturated rings. The molecule has 1 saturated heterocycles. The molecule has 2 heterocycles. The van der Waals surface area contributed by atoms with Crippen LogP contribution in [0.3, 0.4) is 0 Å². The summed E-state index contributed by atoms with van der Waals surface area (Å²) in [6.07, 6.45) is 3.88. The second-order valence-corrected chi connectivity index (χ2v) is 4.81. The lowest BCUT2D eigenvalue weighted by Crippen LogP contribution is -2.45. The molecule has 5 heteroatoms. The molecule has 3 rings (SSSR count). The number of fused-ring (bicyclic) bond motifs is 1. The molecule has 0 amide bonds. The standard InChI is InChI=1S/C13H15NO4/c1-17-13(16)9-3-2-5-14(12(9)15)10-7-8-4-6-18-11(8)10/h2-3,5,8,10-11H,4,6-7H2,1H3/t8-,10-,11-/m1/s1. The Hall–Kier alpha value is -1.62. The summed E-state index contributed by atoms with van der Waals surface area (Å²) in [5, 5.41) is 0. The first-order valence-electron chi connectivity index (χ1n) is 6.13. The number of pyridine rings is 1. The van der Waals surface area contributed by atoms with E-state index in [1.165, 1.54) is 13.2 Å². The molecule has 1 aliphatic carbocycles. The fraction of sp³-hybridized carbons (Fsp3) is 0.538. The monoisotopic (exact) mass is 249 g/mol. The number of carbonyl (C=O) groups is 1. The quantitative estimate of drug-likeness (QED) is 0.733. The number of ether oxygens (including phenoxy) is 2. The van der Waals surface area contributed by atoms with Crippen molar-refractivity contribution in [3.63, 3.8) is 0 Å². The van der Waals surface area contributed by atoms with Crippen molar-refractivity contribution in [1.82, 2.24) is 4.57 Å². The van der Waals surface area contributed by atoms with Crippen LogP contribution in [0.5, 0.6) is 0 Å². The van der Waals surface area contributed by atoms with Crippen LogP contribution in [0.4, 0.5) is 0 Å². The van der Waals surface area contributed by atoms with Crippen LogP contribution >= 0.6 is 0 Å². The summed E-state index contributed by atoms with van der Waals surface area (Å²) in [6, 6.07) is 3.27. The van der Waals surface area contributed by atoms with Crippen LogP contribution in [0.15, 0.2) is 23.1 Å². The number of methoxy groups -OCH3 is 1. The van der Waals surface area contributed by atoms with Gasteiger partial charge < -0.3 is 14.0 Å². The maximum atomic E-state index is 12.2. The van der Waals surface area contributed by atoms with Gasteiger partial charge in [0.1, 0.15) is 5.56 Å². The molecule has 0 N–H and O–H groups in total. The zero-order valence-electron chi connectivity index (χ0n) is 10.2. The largest absolute Gasteiger partial charge is 0.465 e. The van der Waals surface area contributed by atoms with Crippen LogP contribution in [0.25, 0.3) is 0 Å². The summed E-state index contributed by atoms with van der Waals surface area (Å²) in [4.78, 5) is 23.7. The zero-order valence-corrected chi connectivity index (χ0v) is 10.2. The first-order valence-corrected chi connectivity index (χ1v) is 6.13. The second kappa shape index (κ2) is 4.24. The zero-order chi connectivity index (χ0) is 12.7. The SMILES string of the molecule is COC(=O)c1cccn([C@@H]2C[C@H]3CCO[C@H]32)c1=O. The summed E-state index contributed by atoms with van der Waals surface area (Å²) in [7, 11) is 1.28. The third-order valence-electron chi connectivity index (χ3n) is 3.92. The number of nitrogens with zero attached hydrogens (tertiary/aromatic N) is 1. The minimum atomic E-state index is -0.586. The van der Waals surface area contributed by atoms with Gasteiger partial charge in [-0.25, -0.2) is 4.79 Å². The number of hydrogen-bond acceptors (Lipinski definition) is 4. The first kappa shape index (κ1) is 11.5. The average Bonchev–Trinajstić information content (AvgIpc) is 2.72. The molecule has 0 aromatic carbocycles. The van der Waals surface area contributed by atoms with Crippen molar-refractivity contribution in [2.45, 2.75) is 25.0 Å². The van der Waals surface area contributed by atoms with E-state index in [0.717, 1.165) is 19.4 Å². The molecular weight excluding hydrogens is 234 g/mol. The first-order chi connectivity index (χ1) is 8.72. The molecule has 18 heavy (non-hydrogen) atoms. The Labute approximate surface area is 104 Å². The molecule has 3 atom stereocenters. The maximum Gasteiger partial charge on any atom is 0.343 e. The molecule has 1 saturated carbocycles. The lowest BCUT2D eigenvalue weighted by molar-refractivity contribution is -0.0198. The van der Waals surface area contributed by atoms with Gasteiger partial charge in [-0.1, -0.05) is 0 Å². The van der Waals surface area contributed by atoms with E-state index in [2.05, 4.69) is 4.74 Å². The predicted molar refractivity (Wildman–Crippen MR) is 63.5 cm³/mol. The van der Waals surface area contributed by atoms with E-state index in [9.17, 15) is 9.59 Å². The molecule has 0 unspecified atom stereocenters. The summed E-state index contributed by atoms with van der Waals surface area (Å²) in [5.41, 5.74) is -0.204. The Morgan fingerprint density at radius 2 is 2.39 bits per heavy atom. The highest BCUT2D eigenvalue weighted by Crippen LogP contribution is 2.45. The van der Waals surface area contributed by atoms with E-state index in [1.807, 2.05) is 0 Å². The van der Waals surface area contributed by atoms with Gasteiger partial charge in [-0.2, -0.15) is 0 Å². The van der Waals surface area contributed by atoms with Crippen molar-refractivity contribution >= 4 is 5.97 Å². The predicted octanol–water partition coefficient (Wildman–Crippen LogP) is 0.985. The third kappa shape index (κ3) is 1.58. The Morgan fingerprint density at radius 1 is 1.56 bits per heavy atom. The van der Waals surface area contributed by atoms with Gasteiger partial charge in [-0.05, 0) is 30.9 Å². The Morgan fingerprint density at radius 3 is 3.11 bits per heavy atom. The van der Waals surface area contributed by atoms with Gasteiger partial charge in [-0.3, -0.25) is 4.79 Å². The summed E-state index contributed by atoms with van der Waals surface area (Å²) in [6.45, 7) is 0.775. The minimum absolute atomic E-state index is 0.0645. The molecule has 2 aliphatic rings. The molecular formula is C13H15NO4. The molecule has 0 radical (unpaired) electrons. The van der Waals surface area contributed by atoms with E-state index in [-0.39, 0.29) is 23.3 Å². The Balaban J connectivity index is 1.94. The van der Waals surface area contributed by atoms with Gasteiger partial charge in [0, 0.05) is 12.8 Å². The smallest absolute Gasteiger partial charge is 0.343 e. The third-order valence-corrected chi connectivity index (χ3v) is 3.92. The molecule has 0 bridgehead atoms. The van der Waals surface area contributed by atoms with Gasteiger partial charge in [0.15, 0.2) is 0 Å². The average molecular weight is 249 g/mol. The highest BCUT2D eigenvalue weighted by molar-refractivity contribution is 5.88. The van der Waals surface area contributed by atoms with E-state index in [1.54, 1.807) is 16.8 Å². The van der Waals surface area contributed by atoms with E-state index < -0.39 is 5.97 Å². The molecule has 96 valence electrons. The van der Waals surface area contributed by atoms with Gasteiger partial charge >= 0.3 is 5.97 Å². The highest BCUT2D eigenvalue weighted by atomic mass is 16.5. The summed E-state index contributed by atoms with van der Waals surface area (Å²) in [5.74, 6) is -0.0127. The Kier molecular flexibility index (Phi) is 2.70. The van der Waals surface area contributed by atoms with Crippen molar-refractivity contribution in [1.29, 1.82) is 0 Å². The van der Waals surface area contributed by atoms with E-state index in [0.29, 0.717) is 5.92 Å². The van der Waals surface area contributed by atoms with Crippen molar-refractivity contribution in [2.24, 2.45) is 5.92 Å². The van der Waals surface area contributed by atoms with Gasteiger partial charge in [0.25, 0.3) is 5.56 Å². The summed E-state index contributed by atoms with van der Waals surface area (Å²) < 4.78 is 11.8. The van der Waals surface area contributed by atoms with E-state index >= 15 is 0 Å². The van der Waals surface area contributed by atoms with Crippen LogP contribution in [0.2, 0.25) is 0 Å². The van der Waals surface area contributed by atoms with Crippen LogP contribution in [0.1, 0.15) is 29.2 Å². The molecule has 0 spiro atoms. The minimum Gasteiger partial charge on any atom is -0.465 e. The van der Waals surface area contributed by atoms with Gasteiger partial charge in [0.2, 0.25) is 0 Å². The van der Waals surface area contributed by atoms with Crippen molar-refractivity contribution in [2.75, 3.05) is 13.7 Å². The second-order valence-electron chi connectivity index (χ2n) is 4.81. The lowest BCUT2D eigenvalue weighted by Gasteiger charge is -2.40.